The van der Waals surface area contributed by atoms with Gasteiger partial charge in [-0.2, -0.15) is 5.26 Å². The van der Waals surface area contributed by atoms with Crippen LogP contribution in [0.25, 0.3) is 0 Å². The van der Waals surface area contributed by atoms with Gasteiger partial charge in [-0.3, -0.25) is 0 Å². The molecule has 2 N–H and O–H groups in total. The summed E-state index contributed by atoms with van der Waals surface area (Å²) in [5.74, 6) is 0. The lowest BCUT2D eigenvalue weighted by Gasteiger charge is -2.17. The van der Waals surface area contributed by atoms with Gasteiger partial charge in [0.25, 0.3) is 0 Å². The highest BCUT2D eigenvalue weighted by Gasteiger charge is 2.24. The van der Waals surface area contributed by atoms with Crippen molar-refractivity contribution in [2.75, 3.05) is 0 Å². The topological polar surface area (TPSA) is 49.8 Å². The molecule has 0 aliphatic heterocycles. The number of hydrogen-bond donors (Lipinski definition) is 1. The second-order valence-corrected chi connectivity index (χ2v) is 3.18. The van der Waals surface area contributed by atoms with Crippen LogP contribution in [0.4, 0.5) is 0 Å². The largest absolute Gasteiger partial charge is 0.313 e. The van der Waals surface area contributed by atoms with Gasteiger partial charge in [0.2, 0.25) is 0 Å². The van der Waals surface area contributed by atoms with Gasteiger partial charge in [0.05, 0.1) is 6.07 Å². The van der Waals surface area contributed by atoms with Crippen LogP contribution in [0.3, 0.4) is 0 Å². The molecule has 0 saturated heterocycles. The monoisotopic (exact) mass is 174 g/mol. The normalized spacial score (nSPS) is 22.5. The molecule has 2 nitrogen and oxygen atoms in total. The summed E-state index contributed by atoms with van der Waals surface area (Å²) in [5.41, 5.74) is 5.31. The third-order valence-corrected chi connectivity index (χ3v) is 2.22. The Hall–Kier alpha value is -0.260. The molecular formula is C8H15ClN2. The summed E-state index contributed by atoms with van der Waals surface area (Å²) in [5, 5.41) is 8.70. The molecule has 64 valence electrons. The number of rotatable bonds is 0. The Morgan fingerprint density at radius 2 is 1.55 bits per heavy atom. The number of halogens is 1. The van der Waals surface area contributed by atoms with Crippen LogP contribution in [0.1, 0.15) is 38.5 Å². The van der Waals surface area contributed by atoms with Crippen molar-refractivity contribution in [1.82, 2.24) is 0 Å². The molecule has 0 atom stereocenters. The smallest absolute Gasteiger partial charge is 0.104 e. The second-order valence-electron chi connectivity index (χ2n) is 3.18. The average molecular weight is 175 g/mol. The van der Waals surface area contributed by atoms with Crippen molar-refractivity contribution in [3.63, 3.8) is 0 Å². The summed E-state index contributed by atoms with van der Waals surface area (Å²) in [6.07, 6.45) is 6.54. The van der Waals surface area contributed by atoms with Crippen molar-refractivity contribution < 1.29 is 0 Å². The molecule has 0 unspecified atom stereocenters. The van der Waals surface area contributed by atoms with Gasteiger partial charge in [0.15, 0.2) is 0 Å². The minimum atomic E-state index is -0.490. The maximum Gasteiger partial charge on any atom is 0.104 e. The van der Waals surface area contributed by atoms with Crippen LogP contribution in [0.2, 0.25) is 0 Å². The molecule has 0 aromatic carbocycles. The lowest BCUT2D eigenvalue weighted by molar-refractivity contribution is 0.472. The molecule has 11 heavy (non-hydrogen) atoms. The van der Waals surface area contributed by atoms with Crippen molar-refractivity contribution in [1.29, 1.82) is 5.26 Å². The van der Waals surface area contributed by atoms with Gasteiger partial charge >= 0.3 is 0 Å². The summed E-state index contributed by atoms with van der Waals surface area (Å²) >= 11 is 0. The third-order valence-electron chi connectivity index (χ3n) is 2.22. The van der Waals surface area contributed by atoms with E-state index in [0.717, 1.165) is 25.7 Å². The van der Waals surface area contributed by atoms with E-state index in [1.54, 1.807) is 0 Å². The Morgan fingerprint density at radius 1 is 1.09 bits per heavy atom. The van der Waals surface area contributed by atoms with Crippen LogP contribution in [0, 0.1) is 11.3 Å². The quantitative estimate of drug-likeness (QED) is 0.571. The summed E-state index contributed by atoms with van der Waals surface area (Å²) in [6, 6.07) is 2.20. The van der Waals surface area contributed by atoms with E-state index >= 15 is 0 Å². The van der Waals surface area contributed by atoms with Gasteiger partial charge in [-0.25, -0.2) is 0 Å². The maximum absolute atomic E-state index is 8.70. The van der Waals surface area contributed by atoms with Gasteiger partial charge < -0.3 is 5.73 Å². The first kappa shape index (κ1) is 10.7. The summed E-state index contributed by atoms with van der Waals surface area (Å²) < 4.78 is 0. The van der Waals surface area contributed by atoms with E-state index in [-0.39, 0.29) is 12.4 Å². The summed E-state index contributed by atoms with van der Waals surface area (Å²) in [4.78, 5) is 0. The molecule has 1 aliphatic carbocycles. The van der Waals surface area contributed by atoms with Gasteiger partial charge in [-0.05, 0) is 12.8 Å². The fraction of sp³-hybridized carbons (Fsp3) is 0.875. The fourth-order valence-corrected chi connectivity index (χ4v) is 1.47. The molecule has 0 aromatic heterocycles. The summed E-state index contributed by atoms with van der Waals surface area (Å²) in [7, 11) is 0. The second kappa shape index (κ2) is 4.58. The van der Waals surface area contributed by atoms with Crippen molar-refractivity contribution in [2.45, 2.75) is 44.1 Å². The molecule has 1 aliphatic rings. The SMILES string of the molecule is Cl.N#CC1(N)CCCCCC1. The van der Waals surface area contributed by atoms with Crippen LogP contribution < -0.4 is 5.73 Å². The predicted octanol–water partition coefficient (Wildman–Crippen LogP) is 1.98. The maximum atomic E-state index is 8.70. The van der Waals surface area contributed by atoms with Crippen molar-refractivity contribution in [2.24, 2.45) is 5.73 Å². The van der Waals surface area contributed by atoms with Gasteiger partial charge in [0, 0.05) is 0 Å². The zero-order chi connectivity index (χ0) is 7.45. The lowest BCUT2D eigenvalue weighted by atomic mass is 9.94. The first-order valence-electron chi connectivity index (χ1n) is 3.97. The standard InChI is InChI=1S/C8H14N2.ClH/c9-7-8(10)5-3-1-2-4-6-8;/h1-6,10H2;1H. The van der Waals surface area contributed by atoms with Crippen LogP contribution >= 0.6 is 12.4 Å². The number of nitrogens with two attached hydrogens (primary N) is 1. The molecule has 0 spiro atoms. The van der Waals surface area contributed by atoms with Gasteiger partial charge in [-0.1, -0.05) is 25.7 Å². The van der Waals surface area contributed by atoms with E-state index in [2.05, 4.69) is 6.07 Å². The molecule has 1 rings (SSSR count). The molecule has 0 aromatic rings. The van der Waals surface area contributed by atoms with Crippen LogP contribution in [-0.4, -0.2) is 5.54 Å². The predicted molar refractivity (Wildman–Crippen MR) is 47.5 cm³/mol. The van der Waals surface area contributed by atoms with Gasteiger partial charge in [0.1, 0.15) is 5.54 Å². The van der Waals surface area contributed by atoms with Crippen LogP contribution in [0.15, 0.2) is 0 Å². The zero-order valence-corrected chi connectivity index (χ0v) is 7.49. The number of nitrogens with zero attached hydrogens (tertiary/aromatic N) is 1. The van der Waals surface area contributed by atoms with Crippen LogP contribution in [0.5, 0.6) is 0 Å². The highest BCUT2D eigenvalue weighted by molar-refractivity contribution is 5.85. The number of hydrogen-bond acceptors (Lipinski definition) is 2. The number of nitriles is 1. The van der Waals surface area contributed by atoms with Crippen molar-refractivity contribution in [3.8, 4) is 6.07 Å². The van der Waals surface area contributed by atoms with Gasteiger partial charge in [-0.15, -0.1) is 12.4 Å². The van der Waals surface area contributed by atoms with Crippen molar-refractivity contribution in [3.05, 3.63) is 0 Å². The Bertz CT molecular complexity index is 143. The molecule has 0 radical (unpaired) electrons. The Balaban J connectivity index is 0.000001000. The molecule has 0 bridgehead atoms. The molecule has 0 amide bonds. The highest BCUT2D eigenvalue weighted by Crippen LogP contribution is 2.23. The fourth-order valence-electron chi connectivity index (χ4n) is 1.47. The molecule has 3 heteroatoms. The zero-order valence-electron chi connectivity index (χ0n) is 6.68. The van der Waals surface area contributed by atoms with E-state index in [4.69, 9.17) is 11.0 Å². The van der Waals surface area contributed by atoms with E-state index < -0.39 is 5.54 Å². The van der Waals surface area contributed by atoms with E-state index in [9.17, 15) is 0 Å². The summed E-state index contributed by atoms with van der Waals surface area (Å²) in [6.45, 7) is 0. The Morgan fingerprint density at radius 3 is 1.91 bits per heavy atom. The van der Waals surface area contributed by atoms with Crippen LogP contribution in [-0.2, 0) is 0 Å². The molecule has 1 saturated carbocycles. The Kier molecular flexibility index (Phi) is 4.48. The molecule has 0 heterocycles. The minimum Gasteiger partial charge on any atom is -0.313 e. The minimum absolute atomic E-state index is 0. The third kappa shape index (κ3) is 3.09. The van der Waals surface area contributed by atoms with Crippen molar-refractivity contribution >= 4 is 12.4 Å². The lowest BCUT2D eigenvalue weighted by Crippen LogP contribution is -2.37. The van der Waals surface area contributed by atoms with E-state index in [1.807, 2.05) is 0 Å². The first-order valence-corrected chi connectivity index (χ1v) is 3.97. The highest BCUT2D eigenvalue weighted by atomic mass is 35.5. The molecular weight excluding hydrogens is 160 g/mol. The van der Waals surface area contributed by atoms with E-state index in [1.165, 1.54) is 12.8 Å². The Labute approximate surface area is 74.2 Å². The average Bonchev–Trinajstić information content (AvgIpc) is 2.15. The first-order chi connectivity index (χ1) is 4.77. The van der Waals surface area contributed by atoms with E-state index in [0.29, 0.717) is 0 Å². The molecule has 1 fully saturated rings.